The van der Waals surface area contributed by atoms with Gasteiger partial charge in [0.2, 0.25) is 15.9 Å². The molecule has 0 aliphatic carbocycles. The molecule has 1 amide bonds. The van der Waals surface area contributed by atoms with Gasteiger partial charge in [0, 0.05) is 6.54 Å². The van der Waals surface area contributed by atoms with Gasteiger partial charge in [-0.3, -0.25) is 9.10 Å². The van der Waals surface area contributed by atoms with Crippen LogP contribution >= 0.6 is 0 Å². The molecule has 0 saturated heterocycles. The van der Waals surface area contributed by atoms with E-state index in [-0.39, 0.29) is 5.91 Å². The summed E-state index contributed by atoms with van der Waals surface area (Å²) in [5.74, 6) is -0.303. The number of amides is 1. The minimum Gasteiger partial charge on any atom is -0.350 e. The van der Waals surface area contributed by atoms with Gasteiger partial charge in [-0.15, -0.1) is 0 Å². The highest BCUT2D eigenvalue weighted by Crippen LogP contribution is 2.23. The molecule has 26 heavy (non-hydrogen) atoms. The first-order chi connectivity index (χ1) is 12.2. The quantitative estimate of drug-likeness (QED) is 0.809. The van der Waals surface area contributed by atoms with Gasteiger partial charge in [0.05, 0.1) is 11.9 Å². The highest BCUT2D eigenvalue weighted by atomic mass is 32.2. The molecule has 0 aliphatic rings. The van der Waals surface area contributed by atoms with Crippen molar-refractivity contribution < 1.29 is 13.2 Å². The fourth-order valence-corrected chi connectivity index (χ4v) is 4.14. The molecule has 0 unspecified atom stereocenters. The maximum absolute atomic E-state index is 12.8. The number of carbonyl (C=O) groups is 1. The van der Waals surface area contributed by atoms with Crippen molar-refractivity contribution in [3.8, 4) is 0 Å². The van der Waals surface area contributed by atoms with E-state index in [1.54, 1.807) is 18.2 Å². The molecule has 2 aromatic carbocycles. The monoisotopic (exact) mass is 374 g/mol. The largest absolute Gasteiger partial charge is 0.350 e. The Kier molecular flexibility index (Phi) is 6.42. The smallest absolute Gasteiger partial charge is 0.244 e. The lowest BCUT2D eigenvalue weighted by Gasteiger charge is -2.30. The molecule has 0 radical (unpaired) electrons. The van der Waals surface area contributed by atoms with Crippen molar-refractivity contribution in [1.82, 2.24) is 5.32 Å². The lowest BCUT2D eigenvalue weighted by molar-refractivity contribution is -0.122. The molecular weight excluding hydrogens is 348 g/mol. The van der Waals surface area contributed by atoms with Crippen molar-refractivity contribution in [3.05, 3.63) is 65.2 Å². The van der Waals surface area contributed by atoms with E-state index in [4.69, 9.17) is 0 Å². The molecular formula is C20H26N2O3S. The Morgan fingerprint density at radius 3 is 2.38 bits per heavy atom. The molecule has 0 heterocycles. The van der Waals surface area contributed by atoms with Crippen molar-refractivity contribution in [2.45, 2.75) is 39.8 Å². The SMILES string of the molecule is CC[C@H](C(=O)NCc1ccccc1C)N(c1cccc(C)c1)S(C)(=O)=O. The molecule has 5 nitrogen and oxygen atoms in total. The van der Waals surface area contributed by atoms with E-state index in [1.807, 2.05) is 51.1 Å². The normalized spacial score (nSPS) is 12.5. The van der Waals surface area contributed by atoms with Gasteiger partial charge in [0.25, 0.3) is 0 Å². The van der Waals surface area contributed by atoms with Crippen molar-refractivity contribution in [3.63, 3.8) is 0 Å². The number of aryl methyl sites for hydroxylation is 2. The first-order valence-electron chi connectivity index (χ1n) is 8.62. The second-order valence-electron chi connectivity index (χ2n) is 6.47. The lowest BCUT2D eigenvalue weighted by Crippen LogP contribution is -2.49. The molecule has 0 spiro atoms. The number of anilines is 1. The van der Waals surface area contributed by atoms with Crippen molar-refractivity contribution in [2.24, 2.45) is 0 Å². The molecule has 6 heteroatoms. The van der Waals surface area contributed by atoms with E-state index < -0.39 is 16.1 Å². The number of nitrogens with zero attached hydrogens (tertiary/aromatic N) is 1. The summed E-state index contributed by atoms with van der Waals surface area (Å²) in [7, 11) is -3.61. The maximum Gasteiger partial charge on any atom is 0.244 e. The van der Waals surface area contributed by atoms with Crippen LogP contribution in [0.1, 0.15) is 30.0 Å². The van der Waals surface area contributed by atoms with Gasteiger partial charge in [0.1, 0.15) is 6.04 Å². The third-order valence-corrected chi connectivity index (χ3v) is 5.48. The number of hydrogen-bond acceptors (Lipinski definition) is 3. The molecule has 2 aromatic rings. The van der Waals surface area contributed by atoms with Crippen LogP contribution in [0.25, 0.3) is 0 Å². The summed E-state index contributed by atoms with van der Waals surface area (Å²) in [5.41, 5.74) is 3.54. The van der Waals surface area contributed by atoms with Crippen LogP contribution in [0.2, 0.25) is 0 Å². The minimum absolute atomic E-state index is 0.303. The van der Waals surface area contributed by atoms with Gasteiger partial charge in [0.15, 0.2) is 0 Å². The summed E-state index contributed by atoms with van der Waals surface area (Å²) in [6.07, 6.45) is 1.51. The molecule has 0 aromatic heterocycles. The van der Waals surface area contributed by atoms with Crippen molar-refractivity contribution >= 4 is 21.6 Å². The number of hydrogen-bond donors (Lipinski definition) is 1. The summed E-state index contributed by atoms with van der Waals surface area (Å²) < 4.78 is 26.1. The number of benzene rings is 2. The van der Waals surface area contributed by atoms with Gasteiger partial charge in [-0.05, 0) is 49.1 Å². The first kappa shape index (κ1) is 20.0. The zero-order chi connectivity index (χ0) is 19.3. The zero-order valence-electron chi connectivity index (χ0n) is 15.7. The van der Waals surface area contributed by atoms with Gasteiger partial charge >= 0.3 is 0 Å². The summed E-state index contributed by atoms with van der Waals surface area (Å²) in [6.45, 7) is 6.05. The van der Waals surface area contributed by atoms with Crippen LogP contribution in [0.5, 0.6) is 0 Å². The second kappa shape index (κ2) is 8.36. The van der Waals surface area contributed by atoms with Crippen LogP contribution in [-0.2, 0) is 21.4 Å². The fraction of sp³-hybridized carbons (Fsp3) is 0.350. The molecule has 2 rings (SSSR count). The molecule has 0 saturated carbocycles. The summed E-state index contributed by atoms with van der Waals surface area (Å²) >= 11 is 0. The second-order valence-corrected chi connectivity index (χ2v) is 8.33. The number of nitrogens with one attached hydrogen (secondary N) is 1. The van der Waals surface area contributed by atoms with E-state index in [0.717, 1.165) is 22.9 Å². The van der Waals surface area contributed by atoms with Gasteiger partial charge in [-0.1, -0.05) is 43.3 Å². The van der Waals surface area contributed by atoms with Gasteiger partial charge < -0.3 is 5.32 Å². The predicted molar refractivity (Wildman–Crippen MR) is 106 cm³/mol. The topological polar surface area (TPSA) is 66.5 Å². The van der Waals surface area contributed by atoms with Gasteiger partial charge in [-0.2, -0.15) is 0 Å². The van der Waals surface area contributed by atoms with E-state index in [0.29, 0.717) is 18.7 Å². The number of carbonyl (C=O) groups excluding carboxylic acids is 1. The summed E-state index contributed by atoms with van der Waals surface area (Å²) in [5, 5.41) is 2.88. The average Bonchev–Trinajstić information content (AvgIpc) is 2.57. The summed E-state index contributed by atoms with van der Waals surface area (Å²) in [4.78, 5) is 12.8. The van der Waals surface area contributed by atoms with Crippen molar-refractivity contribution in [2.75, 3.05) is 10.6 Å². The Morgan fingerprint density at radius 2 is 1.81 bits per heavy atom. The third kappa shape index (κ3) is 4.85. The Morgan fingerprint density at radius 1 is 1.12 bits per heavy atom. The summed E-state index contributed by atoms with van der Waals surface area (Å²) in [6, 6.07) is 14.2. The molecule has 0 aliphatic heterocycles. The Balaban J connectivity index is 2.27. The maximum atomic E-state index is 12.8. The number of rotatable bonds is 7. The van der Waals surface area contributed by atoms with Crippen LogP contribution in [0.3, 0.4) is 0 Å². The van der Waals surface area contributed by atoms with Crippen LogP contribution in [0.15, 0.2) is 48.5 Å². The lowest BCUT2D eigenvalue weighted by atomic mass is 10.1. The van der Waals surface area contributed by atoms with Crippen LogP contribution in [0, 0.1) is 13.8 Å². The first-order valence-corrected chi connectivity index (χ1v) is 10.5. The van der Waals surface area contributed by atoms with E-state index in [2.05, 4.69) is 5.32 Å². The van der Waals surface area contributed by atoms with Crippen molar-refractivity contribution in [1.29, 1.82) is 0 Å². The Hall–Kier alpha value is -2.34. The fourth-order valence-electron chi connectivity index (χ4n) is 2.93. The van der Waals surface area contributed by atoms with E-state index >= 15 is 0 Å². The Bertz CT molecular complexity index is 878. The highest BCUT2D eigenvalue weighted by molar-refractivity contribution is 7.92. The molecule has 0 bridgehead atoms. The van der Waals surface area contributed by atoms with E-state index in [9.17, 15) is 13.2 Å². The molecule has 1 N–H and O–H groups in total. The minimum atomic E-state index is -3.61. The predicted octanol–water partition coefficient (Wildman–Crippen LogP) is 3.16. The Labute approximate surface area is 156 Å². The zero-order valence-corrected chi connectivity index (χ0v) is 16.5. The third-order valence-electron chi connectivity index (χ3n) is 4.30. The van der Waals surface area contributed by atoms with Crippen LogP contribution < -0.4 is 9.62 Å². The van der Waals surface area contributed by atoms with Crippen LogP contribution in [0.4, 0.5) is 5.69 Å². The standard InChI is InChI=1S/C20H26N2O3S/c1-5-19(20(23)21-14-17-11-7-6-10-16(17)3)22(26(4,24)25)18-12-8-9-15(2)13-18/h6-13,19H,5,14H2,1-4H3,(H,21,23)/t19-/m1/s1. The molecule has 1 atom stereocenters. The van der Waals surface area contributed by atoms with Gasteiger partial charge in [-0.25, -0.2) is 8.42 Å². The molecule has 0 fully saturated rings. The highest BCUT2D eigenvalue weighted by Gasteiger charge is 2.31. The number of sulfonamides is 1. The molecule has 140 valence electrons. The van der Waals surface area contributed by atoms with E-state index in [1.165, 1.54) is 4.31 Å². The average molecular weight is 375 g/mol. The van der Waals surface area contributed by atoms with Crippen LogP contribution in [-0.4, -0.2) is 26.6 Å².